The number of rotatable bonds is 5. The van der Waals surface area contributed by atoms with Gasteiger partial charge in [-0.2, -0.15) is 4.98 Å². The number of aryl methyl sites for hydroxylation is 1. The summed E-state index contributed by atoms with van der Waals surface area (Å²) in [5.41, 5.74) is 2.93. The van der Waals surface area contributed by atoms with Gasteiger partial charge < -0.3 is 9.84 Å². The SMILES string of the molecule is Cc1ccc(-c2noc(CNC(=O)Cc3ccc(Cl)cc3)n2)cc1. The van der Waals surface area contributed by atoms with Gasteiger partial charge in [-0.25, -0.2) is 0 Å². The number of nitrogens with zero attached hydrogens (tertiary/aromatic N) is 2. The van der Waals surface area contributed by atoms with Crippen LogP contribution in [0.2, 0.25) is 5.02 Å². The van der Waals surface area contributed by atoms with Crippen LogP contribution in [0.1, 0.15) is 17.0 Å². The summed E-state index contributed by atoms with van der Waals surface area (Å²) in [6.07, 6.45) is 0.274. The predicted molar refractivity (Wildman–Crippen MR) is 91.5 cm³/mol. The summed E-state index contributed by atoms with van der Waals surface area (Å²) in [7, 11) is 0. The van der Waals surface area contributed by atoms with Crippen LogP contribution in [0.15, 0.2) is 53.1 Å². The largest absolute Gasteiger partial charge is 0.347 e. The first-order valence-corrected chi connectivity index (χ1v) is 7.89. The first-order chi connectivity index (χ1) is 11.6. The molecule has 1 N–H and O–H groups in total. The number of hydrogen-bond acceptors (Lipinski definition) is 4. The van der Waals surface area contributed by atoms with Crippen molar-refractivity contribution >= 4 is 17.5 Å². The minimum absolute atomic E-state index is 0.118. The van der Waals surface area contributed by atoms with E-state index in [0.717, 1.165) is 16.7 Å². The lowest BCUT2D eigenvalue weighted by Gasteiger charge is -2.02. The Morgan fingerprint density at radius 1 is 1.12 bits per heavy atom. The van der Waals surface area contributed by atoms with Crippen LogP contribution >= 0.6 is 11.6 Å². The van der Waals surface area contributed by atoms with Crippen molar-refractivity contribution in [3.8, 4) is 11.4 Å². The first kappa shape index (κ1) is 16.2. The minimum atomic E-state index is -0.118. The van der Waals surface area contributed by atoms with E-state index >= 15 is 0 Å². The second kappa shape index (κ2) is 7.27. The molecule has 3 aromatic rings. The highest BCUT2D eigenvalue weighted by Gasteiger charge is 2.10. The molecule has 0 aliphatic rings. The fraction of sp³-hybridized carbons (Fsp3) is 0.167. The van der Waals surface area contributed by atoms with Crippen LogP contribution in [0.4, 0.5) is 0 Å². The molecular weight excluding hydrogens is 326 g/mol. The summed E-state index contributed by atoms with van der Waals surface area (Å²) in [5, 5.41) is 7.35. The van der Waals surface area contributed by atoms with Crippen molar-refractivity contribution < 1.29 is 9.32 Å². The van der Waals surface area contributed by atoms with Crippen molar-refractivity contribution in [2.45, 2.75) is 19.9 Å². The molecule has 0 aliphatic carbocycles. The van der Waals surface area contributed by atoms with Gasteiger partial charge >= 0.3 is 0 Å². The van der Waals surface area contributed by atoms with E-state index in [1.165, 1.54) is 0 Å². The zero-order valence-corrected chi connectivity index (χ0v) is 13.9. The molecular formula is C18H16ClN3O2. The molecule has 24 heavy (non-hydrogen) atoms. The van der Waals surface area contributed by atoms with Crippen molar-refractivity contribution in [2.75, 3.05) is 0 Å². The first-order valence-electron chi connectivity index (χ1n) is 7.51. The molecule has 122 valence electrons. The molecule has 5 nitrogen and oxygen atoms in total. The number of carbonyl (C=O) groups excluding carboxylic acids is 1. The van der Waals surface area contributed by atoms with E-state index in [0.29, 0.717) is 16.7 Å². The highest BCUT2D eigenvalue weighted by atomic mass is 35.5. The van der Waals surface area contributed by atoms with Crippen LogP contribution in [-0.4, -0.2) is 16.0 Å². The molecule has 0 radical (unpaired) electrons. The van der Waals surface area contributed by atoms with Gasteiger partial charge in [-0.15, -0.1) is 0 Å². The Morgan fingerprint density at radius 3 is 2.54 bits per heavy atom. The standard InChI is InChI=1S/C18H16ClN3O2/c1-12-2-6-14(7-3-12)18-21-17(24-22-18)11-20-16(23)10-13-4-8-15(19)9-5-13/h2-9H,10-11H2,1H3,(H,20,23). The zero-order chi connectivity index (χ0) is 16.9. The van der Waals surface area contributed by atoms with Crippen molar-refractivity contribution in [3.05, 3.63) is 70.6 Å². The summed E-state index contributed by atoms with van der Waals surface area (Å²) < 4.78 is 5.17. The maximum absolute atomic E-state index is 12.0. The molecule has 1 aromatic heterocycles. The molecule has 0 fully saturated rings. The van der Waals surface area contributed by atoms with Gasteiger partial charge in [0.15, 0.2) is 0 Å². The second-order valence-corrected chi connectivity index (χ2v) is 5.89. The van der Waals surface area contributed by atoms with Crippen LogP contribution in [0.5, 0.6) is 0 Å². The number of aromatic nitrogens is 2. The fourth-order valence-corrected chi connectivity index (χ4v) is 2.30. The quantitative estimate of drug-likeness (QED) is 0.770. The molecule has 0 unspecified atom stereocenters. The third kappa shape index (κ3) is 4.20. The van der Waals surface area contributed by atoms with Crippen LogP contribution in [0.3, 0.4) is 0 Å². The molecule has 0 bridgehead atoms. The van der Waals surface area contributed by atoms with Gasteiger partial charge in [-0.3, -0.25) is 4.79 Å². The van der Waals surface area contributed by atoms with Crippen LogP contribution in [0.25, 0.3) is 11.4 Å². The highest BCUT2D eigenvalue weighted by Crippen LogP contribution is 2.16. The fourth-order valence-electron chi connectivity index (χ4n) is 2.17. The Hall–Kier alpha value is -2.66. The number of nitrogens with one attached hydrogen (secondary N) is 1. The lowest BCUT2D eigenvalue weighted by atomic mass is 10.1. The Morgan fingerprint density at radius 2 is 1.83 bits per heavy atom. The van der Waals surface area contributed by atoms with E-state index in [2.05, 4.69) is 15.5 Å². The smallest absolute Gasteiger partial charge is 0.246 e. The summed E-state index contributed by atoms with van der Waals surface area (Å²) in [6, 6.07) is 15.0. The molecule has 2 aromatic carbocycles. The van der Waals surface area contributed by atoms with Gasteiger partial charge in [0.05, 0.1) is 13.0 Å². The average Bonchev–Trinajstić information content (AvgIpc) is 3.05. The number of amides is 1. The van der Waals surface area contributed by atoms with E-state index in [1.807, 2.05) is 43.3 Å². The monoisotopic (exact) mass is 341 g/mol. The lowest BCUT2D eigenvalue weighted by molar-refractivity contribution is -0.120. The van der Waals surface area contributed by atoms with Crippen molar-refractivity contribution in [1.29, 1.82) is 0 Å². The molecule has 1 amide bonds. The van der Waals surface area contributed by atoms with Gasteiger partial charge in [0.2, 0.25) is 17.6 Å². The van der Waals surface area contributed by atoms with E-state index in [-0.39, 0.29) is 18.9 Å². The average molecular weight is 342 g/mol. The highest BCUT2D eigenvalue weighted by molar-refractivity contribution is 6.30. The minimum Gasteiger partial charge on any atom is -0.347 e. The third-order valence-corrected chi connectivity index (χ3v) is 3.74. The molecule has 0 saturated heterocycles. The molecule has 1 heterocycles. The topological polar surface area (TPSA) is 68.0 Å². The van der Waals surface area contributed by atoms with Gasteiger partial charge in [0.25, 0.3) is 0 Å². The number of benzene rings is 2. The Bertz CT molecular complexity index is 826. The Kier molecular flexibility index (Phi) is 4.91. The maximum atomic E-state index is 12.0. The molecule has 0 aliphatic heterocycles. The molecule has 3 rings (SSSR count). The third-order valence-electron chi connectivity index (χ3n) is 3.49. The molecule has 0 spiro atoms. The van der Waals surface area contributed by atoms with Crippen LogP contribution < -0.4 is 5.32 Å². The summed E-state index contributed by atoms with van der Waals surface area (Å²) in [4.78, 5) is 16.2. The lowest BCUT2D eigenvalue weighted by Crippen LogP contribution is -2.24. The zero-order valence-electron chi connectivity index (χ0n) is 13.1. The molecule has 0 atom stereocenters. The van der Waals surface area contributed by atoms with Gasteiger partial charge in [-0.1, -0.05) is 58.7 Å². The van der Waals surface area contributed by atoms with Crippen LogP contribution in [0, 0.1) is 6.92 Å². The van der Waals surface area contributed by atoms with Crippen molar-refractivity contribution in [2.24, 2.45) is 0 Å². The summed E-state index contributed by atoms with van der Waals surface area (Å²) >= 11 is 5.82. The number of hydrogen-bond donors (Lipinski definition) is 1. The molecule has 0 saturated carbocycles. The number of carbonyl (C=O) groups is 1. The summed E-state index contributed by atoms with van der Waals surface area (Å²) in [6.45, 7) is 2.22. The summed E-state index contributed by atoms with van der Waals surface area (Å²) in [5.74, 6) is 0.763. The number of halogens is 1. The maximum Gasteiger partial charge on any atom is 0.246 e. The van der Waals surface area contributed by atoms with Gasteiger partial charge in [-0.05, 0) is 24.6 Å². The van der Waals surface area contributed by atoms with E-state index in [1.54, 1.807) is 12.1 Å². The second-order valence-electron chi connectivity index (χ2n) is 5.46. The predicted octanol–water partition coefficient (Wildman–Crippen LogP) is 3.56. The van der Waals surface area contributed by atoms with Crippen molar-refractivity contribution in [1.82, 2.24) is 15.5 Å². The van der Waals surface area contributed by atoms with Gasteiger partial charge in [0, 0.05) is 10.6 Å². The van der Waals surface area contributed by atoms with E-state index < -0.39 is 0 Å². The Labute approximate surface area is 144 Å². The molecule has 6 heteroatoms. The van der Waals surface area contributed by atoms with Crippen molar-refractivity contribution in [3.63, 3.8) is 0 Å². The van der Waals surface area contributed by atoms with E-state index in [9.17, 15) is 4.79 Å². The van der Waals surface area contributed by atoms with E-state index in [4.69, 9.17) is 16.1 Å². The normalized spacial score (nSPS) is 10.6. The van der Waals surface area contributed by atoms with Gasteiger partial charge in [0.1, 0.15) is 0 Å². The van der Waals surface area contributed by atoms with Crippen LogP contribution in [-0.2, 0) is 17.8 Å². The Balaban J connectivity index is 1.56.